The second-order valence-electron chi connectivity index (χ2n) is 4.22. The van der Waals surface area contributed by atoms with E-state index in [2.05, 4.69) is 11.8 Å². The summed E-state index contributed by atoms with van der Waals surface area (Å²) >= 11 is 0. The van der Waals surface area contributed by atoms with Crippen LogP contribution in [0.5, 0.6) is 0 Å². The minimum atomic E-state index is 0.634. The van der Waals surface area contributed by atoms with E-state index in [1.54, 1.807) is 6.21 Å². The van der Waals surface area contributed by atoms with Crippen LogP contribution in [0.15, 0.2) is 54.6 Å². The Morgan fingerprint density at radius 3 is 2.47 bits per heavy atom. The van der Waals surface area contributed by atoms with E-state index >= 15 is 0 Å². The van der Waals surface area contributed by atoms with E-state index in [1.165, 1.54) is 7.05 Å². The number of nitrogens with zero attached hydrogens (tertiary/aromatic N) is 1. The first-order valence-corrected chi connectivity index (χ1v) is 6.12. The predicted octanol–water partition coefficient (Wildman–Crippen LogP) is 2.84. The molecule has 0 saturated carbocycles. The van der Waals surface area contributed by atoms with Crippen LogP contribution in [0, 0.1) is 17.0 Å². The summed E-state index contributed by atoms with van der Waals surface area (Å²) in [7, 11) is 1.48. The van der Waals surface area contributed by atoms with Gasteiger partial charge in [0, 0.05) is 17.5 Å². The van der Waals surface area contributed by atoms with E-state index in [9.17, 15) is 5.21 Å². The van der Waals surface area contributed by atoms with Crippen molar-refractivity contribution in [1.29, 1.82) is 0 Å². The van der Waals surface area contributed by atoms with Crippen LogP contribution in [0.2, 0.25) is 0 Å². The molecule has 0 aliphatic rings. The van der Waals surface area contributed by atoms with Gasteiger partial charge in [0.2, 0.25) is 0 Å². The number of rotatable bonds is 2. The van der Waals surface area contributed by atoms with E-state index in [1.807, 2.05) is 54.6 Å². The van der Waals surface area contributed by atoms with Gasteiger partial charge in [-0.2, -0.15) is 0 Å². The summed E-state index contributed by atoms with van der Waals surface area (Å²) in [6.45, 7) is 0. The zero-order valence-corrected chi connectivity index (χ0v) is 10.8. The monoisotopic (exact) mass is 249 g/mol. The first-order chi connectivity index (χ1) is 9.25. The summed E-state index contributed by atoms with van der Waals surface area (Å²) in [5.41, 5.74) is 2.99. The van der Waals surface area contributed by atoms with Crippen molar-refractivity contribution in [2.75, 3.05) is 7.05 Å². The predicted molar refractivity (Wildman–Crippen MR) is 78.2 cm³/mol. The van der Waals surface area contributed by atoms with Gasteiger partial charge in [0.1, 0.15) is 7.05 Å². The molecule has 19 heavy (non-hydrogen) atoms. The van der Waals surface area contributed by atoms with Crippen LogP contribution in [-0.4, -0.2) is 18.0 Å². The lowest BCUT2D eigenvalue weighted by Crippen LogP contribution is -2.00. The molecule has 0 aliphatic carbocycles. The molecule has 0 aliphatic heterocycles. The van der Waals surface area contributed by atoms with Crippen molar-refractivity contribution >= 4 is 6.21 Å². The van der Waals surface area contributed by atoms with E-state index in [0.29, 0.717) is 6.42 Å². The molecule has 0 unspecified atom stereocenters. The second kappa shape index (κ2) is 6.42. The third-order valence-electron chi connectivity index (χ3n) is 2.66. The van der Waals surface area contributed by atoms with E-state index in [-0.39, 0.29) is 0 Å². The topological polar surface area (TPSA) is 26.1 Å². The molecule has 0 fully saturated rings. The number of hydrogen-bond acceptors (Lipinski definition) is 1. The molecule has 0 radical (unpaired) electrons. The molecule has 2 rings (SSSR count). The average molecular weight is 249 g/mol. The highest BCUT2D eigenvalue weighted by atomic mass is 16.5. The van der Waals surface area contributed by atoms with Gasteiger partial charge >= 0.3 is 0 Å². The van der Waals surface area contributed by atoms with Gasteiger partial charge < -0.3 is 5.21 Å². The van der Waals surface area contributed by atoms with Crippen molar-refractivity contribution < 1.29 is 4.74 Å². The van der Waals surface area contributed by atoms with Gasteiger partial charge in [-0.05, 0) is 23.8 Å². The minimum Gasteiger partial charge on any atom is -0.624 e. The summed E-state index contributed by atoms with van der Waals surface area (Å²) in [4.78, 5) is 0. The van der Waals surface area contributed by atoms with Gasteiger partial charge in [-0.3, -0.25) is 0 Å². The van der Waals surface area contributed by atoms with Crippen molar-refractivity contribution in [2.45, 2.75) is 6.42 Å². The Hall–Kier alpha value is -2.53. The summed E-state index contributed by atoms with van der Waals surface area (Å²) in [5, 5.41) is 11.1. The minimum absolute atomic E-state index is 0.634. The molecule has 0 spiro atoms. The van der Waals surface area contributed by atoms with Crippen molar-refractivity contribution in [3.8, 4) is 11.8 Å². The lowest BCUT2D eigenvalue weighted by atomic mass is 10.1. The number of hydroxylamine groups is 1. The standard InChI is InChI=1S/C17H15NO/c1-18(19)14-17-12-6-5-11-16(17)13-7-10-15-8-3-2-4-9-15/h2-6,8-9,11-12,14H,13H2,1H3/b18-14-. The largest absolute Gasteiger partial charge is 0.624 e. The normalized spacial score (nSPS) is 10.7. The fraction of sp³-hybridized carbons (Fsp3) is 0.118. The van der Waals surface area contributed by atoms with E-state index in [0.717, 1.165) is 21.4 Å². The third-order valence-corrected chi connectivity index (χ3v) is 2.66. The Morgan fingerprint density at radius 1 is 1.05 bits per heavy atom. The van der Waals surface area contributed by atoms with Crippen LogP contribution in [0.4, 0.5) is 0 Å². The molecule has 0 heterocycles. The van der Waals surface area contributed by atoms with Crippen LogP contribution < -0.4 is 0 Å². The molecule has 2 nitrogen and oxygen atoms in total. The van der Waals surface area contributed by atoms with Crippen LogP contribution in [-0.2, 0) is 6.42 Å². The van der Waals surface area contributed by atoms with E-state index < -0.39 is 0 Å². The Bertz CT molecular complexity index is 629. The van der Waals surface area contributed by atoms with Gasteiger partial charge in [-0.15, -0.1) is 0 Å². The molecule has 0 saturated heterocycles. The number of hydrogen-bond donors (Lipinski definition) is 0. The van der Waals surface area contributed by atoms with Gasteiger partial charge in [-0.25, -0.2) is 4.74 Å². The zero-order chi connectivity index (χ0) is 13.5. The highest BCUT2D eigenvalue weighted by Gasteiger charge is 1.99. The molecule has 0 bridgehead atoms. The highest BCUT2D eigenvalue weighted by Crippen LogP contribution is 2.07. The second-order valence-corrected chi connectivity index (χ2v) is 4.22. The van der Waals surface area contributed by atoms with Gasteiger partial charge in [0.15, 0.2) is 6.21 Å². The zero-order valence-electron chi connectivity index (χ0n) is 10.8. The Balaban J connectivity index is 2.17. The van der Waals surface area contributed by atoms with Crippen molar-refractivity contribution in [3.63, 3.8) is 0 Å². The maximum absolute atomic E-state index is 11.1. The molecule has 0 amide bonds. The highest BCUT2D eigenvalue weighted by molar-refractivity contribution is 5.78. The SMILES string of the molecule is C/[N+]([O-])=C/c1ccccc1CC#Cc1ccccc1. The molecule has 2 aromatic carbocycles. The molecular formula is C17H15NO. The molecular weight excluding hydrogens is 234 g/mol. The van der Waals surface area contributed by atoms with Crippen LogP contribution in [0.25, 0.3) is 0 Å². The smallest absolute Gasteiger partial charge is 0.181 e. The van der Waals surface area contributed by atoms with Crippen LogP contribution in [0.1, 0.15) is 16.7 Å². The Kier molecular flexibility index (Phi) is 4.36. The fourth-order valence-corrected chi connectivity index (χ4v) is 1.78. The maximum Gasteiger partial charge on any atom is 0.181 e. The Morgan fingerprint density at radius 2 is 1.74 bits per heavy atom. The first-order valence-electron chi connectivity index (χ1n) is 6.12. The quantitative estimate of drug-likeness (QED) is 0.264. The van der Waals surface area contributed by atoms with Gasteiger partial charge in [0.05, 0.1) is 0 Å². The number of benzene rings is 2. The molecule has 2 heteroatoms. The summed E-state index contributed by atoms with van der Waals surface area (Å²) in [6, 6.07) is 17.7. The average Bonchev–Trinajstić information content (AvgIpc) is 2.41. The van der Waals surface area contributed by atoms with E-state index in [4.69, 9.17) is 0 Å². The van der Waals surface area contributed by atoms with Gasteiger partial charge in [-0.1, -0.05) is 48.2 Å². The summed E-state index contributed by atoms with van der Waals surface area (Å²) in [5.74, 6) is 6.26. The van der Waals surface area contributed by atoms with Crippen molar-refractivity contribution in [2.24, 2.45) is 0 Å². The van der Waals surface area contributed by atoms with Crippen molar-refractivity contribution in [3.05, 3.63) is 76.5 Å². The Labute approximate surface area is 113 Å². The van der Waals surface area contributed by atoms with Gasteiger partial charge in [0.25, 0.3) is 0 Å². The third kappa shape index (κ3) is 4.01. The molecule has 0 aromatic heterocycles. The summed E-state index contributed by atoms with van der Waals surface area (Å²) < 4.78 is 0.809. The lowest BCUT2D eigenvalue weighted by Gasteiger charge is -2.01. The molecule has 0 atom stereocenters. The van der Waals surface area contributed by atoms with Crippen LogP contribution in [0.3, 0.4) is 0 Å². The fourth-order valence-electron chi connectivity index (χ4n) is 1.78. The lowest BCUT2D eigenvalue weighted by molar-refractivity contribution is -0.416. The molecule has 0 N–H and O–H groups in total. The first kappa shape index (κ1) is 12.9. The maximum atomic E-state index is 11.1. The van der Waals surface area contributed by atoms with Crippen molar-refractivity contribution in [1.82, 2.24) is 0 Å². The van der Waals surface area contributed by atoms with Crippen LogP contribution >= 0.6 is 0 Å². The molecule has 2 aromatic rings. The molecule has 94 valence electrons. The summed E-state index contributed by atoms with van der Waals surface area (Å²) in [6.07, 6.45) is 2.20.